The first-order valence-corrected chi connectivity index (χ1v) is 6.60. The molecule has 20 heavy (non-hydrogen) atoms. The minimum absolute atomic E-state index is 0.514. The van der Waals surface area contributed by atoms with E-state index in [1.165, 1.54) is 0 Å². The van der Waals surface area contributed by atoms with Crippen LogP contribution in [0.2, 0.25) is 0 Å². The van der Waals surface area contributed by atoms with Crippen molar-refractivity contribution >= 4 is 17.9 Å². The number of nitrogens with zero attached hydrogens (tertiary/aromatic N) is 3. The molecular weight excluding hydrogens is 270 g/mol. The Hall–Kier alpha value is -2.47. The Morgan fingerprint density at radius 1 is 1.15 bits per heavy atom. The Morgan fingerprint density at radius 3 is 2.75 bits per heavy atom. The van der Waals surface area contributed by atoms with Crippen LogP contribution in [-0.2, 0) is 6.67 Å². The van der Waals surface area contributed by atoms with Gasteiger partial charge < -0.3 is 5.32 Å². The lowest BCUT2D eigenvalue weighted by Crippen LogP contribution is -2.09. The zero-order chi connectivity index (χ0) is 13.8. The van der Waals surface area contributed by atoms with Crippen LogP contribution in [0.3, 0.4) is 0 Å². The van der Waals surface area contributed by atoms with Gasteiger partial charge in [0.05, 0.1) is 5.69 Å². The molecule has 2 aromatic heterocycles. The normalized spacial score (nSPS) is 10.4. The summed E-state index contributed by atoms with van der Waals surface area (Å²) in [6.45, 7) is 0.518. The quantitative estimate of drug-likeness (QED) is 0.722. The molecule has 0 spiro atoms. The third-order valence-electron chi connectivity index (χ3n) is 2.83. The highest BCUT2D eigenvalue weighted by Gasteiger charge is 2.04. The van der Waals surface area contributed by atoms with Gasteiger partial charge in [-0.05, 0) is 24.4 Å². The van der Waals surface area contributed by atoms with E-state index in [1.807, 2.05) is 42.5 Å². The van der Waals surface area contributed by atoms with E-state index < -0.39 is 0 Å². The molecule has 0 radical (unpaired) electrons. The summed E-state index contributed by atoms with van der Waals surface area (Å²) in [5, 5.41) is 6.42. The van der Waals surface area contributed by atoms with Gasteiger partial charge in [0.1, 0.15) is 6.67 Å². The number of nitrogens with one attached hydrogen (secondary N) is 2. The molecule has 100 valence electrons. The number of benzene rings is 1. The van der Waals surface area contributed by atoms with Gasteiger partial charge in [0.25, 0.3) is 0 Å². The van der Waals surface area contributed by atoms with Crippen molar-refractivity contribution in [2.75, 3.05) is 5.32 Å². The van der Waals surface area contributed by atoms with Gasteiger partial charge in [-0.15, -0.1) is 0 Å². The molecule has 0 unspecified atom stereocenters. The summed E-state index contributed by atoms with van der Waals surface area (Å²) >= 11 is 5.25. The lowest BCUT2D eigenvalue weighted by atomic mass is 10.2. The lowest BCUT2D eigenvalue weighted by Gasteiger charge is -2.05. The average molecular weight is 283 g/mol. The summed E-state index contributed by atoms with van der Waals surface area (Å²) in [6.07, 6.45) is 3.50. The summed E-state index contributed by atoms with van der Waals surface area (Å²) in [4.78, 5) is 8.41. The molecule has 0 atom stereocenters. The molecular formula is C14H13N5S. The molecule has 0 aliphatic carbocycles. The van der Waals surface area contributed by atoms with Crippen LogP contribution in [0.4, 0.5) is 5.69 Å². The Labute approximate surface area is 121 Å². The topological polar surface area (TPSA) is 58.5 Å². The van der Waals surface area contributed by atoms with Crippen molar-refractivity contribution in [3.8, 4) is 11.4 Å². The van der Waals surface area contributed by atoms with E-state index in [0.29, 0.717) is 11.4 Å². The third kappa shape index (κ3) is 2.75. The largest absolute Gasteiger partial charge is 0.365 e. The van der Waals surface area contributed by atoms with Crippen LogP contribution >= 0.6 is 12.2 Å². The molecule has 6 heteroatoms. The highest BCUT2D eigenvalue weighted by atomic mass is 32.1. The fourth-order valence-electron chi connectivity index (χ4n) is 1.83. The number of hydrogen-bond donors (Lipinski definition) is 2. The van der Waals surface area contributed by atoms with E-state index in [0.717, 1.165) is 17.1 Å². The van der Waals surface area contributed by atoms with Crippen LogP contribution in [0.1, 0.15) is 0 Å². The van der Waals surface area contributed by atoms with Gasteiger partial charge in [0.2, 0.25) is 4.77 Å². The van der Waals surface area contributed by atoms with Crippen molar-refractivity contribution in [1.82, 2.24) is 19.7 Å². The molecule has 3 rings (SSSR count). The number of aromatic nitrogens is 4. The monoisotopic (exact) mass is 283 g/mol. The number of anilines is 1. The summed E-state index contributed by atoms with van der Waals surface area (Å²) in [6, 6.07) is 13.7. The van der Waals surface area contributed by atoms with Crippen molar-refractivity contribution in [2.45, 2.75) is 6.67 Å². The first-order chi connectivity index (χ1) is 9.83. The highest BCUT2D eigenvalue weighted by molar-refractivity contribution is 7.71. The maximum absolute atomic E-state index is 5.25. The second kappa shape index (κ2) is 5.66. The molecule has 2 heterocycles. The minimum Gasteiger partial charge on any atom is -0.365 e. The Morgan fingerprint density at radius 2 is 2.00 bits per heavy atom. The van der Waals surface area contributed by atoms with E-state index in [9.17, 15) is 0 Å². The number of H-pyrrole nitrogens is 1. The SMILES string of the molecule is S=c1nc(-c2ccccc2)[nH]n1CNc1cccnc1. The van der Waals surface area contributed by atoms with Crippen LogP contribution in [0, 0.1) is 4.77 Å². The summed E-state index contributed by atoms with van der Waals surface area (Å²) < 4.78 is 2.30. The van der Waals surface area contributed by atoms with E-state index in [2.05, 4.69) is 20.4 Å². The highest BCUT2D eigenvalue weighted by Crippen LogP contribution is 2.13. The van der Waals surface area contributed by atoms with Gasteiger partial charge in [-0.3, -0.25) is 10.1 Å². The van der Waals surface area contributed by atoms with Gasteiger partial charge in [0, 0.05) is 18.0 Å². The van der Waals surface area contributed by atoms with E-state index in [-0.39, 0.29) is 0 Å². The van der Waals surface area contributed by atoms with Crippen LogP contribution in [0.5, 0.6) is 0 Å². The van der Waals surface area contributed by atoms with E-state index in [4.69, 9.17) is 12.2 Å². The van der Waals surface area contributed by atoms with Crippen molar-refractivity contribution in [3.63, 3.8) is 0 Å². The second-order valence-electron chi connectivity index (χ2n) is 4.23. The zero-order valence-electron chi connectivity index (χ0n) is 10.7. The Balaban J connectivity index is 1.78. The van der Waals surface area contributed by atoms with E-state index >= 15 is 0 Å². The predicted molar refractivity (Wildman–Crippen MR) is 80.7 cm³/mol. The van der Waals surface area contributed by atoms with Crippen molar-refractivity contribution in [3.05, 3.63) is 59.6 Å². The maximum Gasteiger partial charge on any atom is 0.218 e. The van der Waals surface area contributed by atoms with Crippen LogP contribution in [0.25, 0.3) is 11.4 Å². The first-order valence-electron chi connectivity index (χ1n) is 6.19. The molecule has 0 fully saturated rings. The van der Waals surface area contributed by atoms with Crippen molar-refractivity contribution in [2.24, 2.45) is 0 Å². The predicted octanol–water partition coefficient (Wildman–Crippen LogP) is 3.07. The fraction of sp³-hybridized carbons (Fsp3) is 0.0714. The molecule has 0 aliphatic rings. The average Bonchev–Trinajstić information content (AvgIpc) is 2.88. The van der Waals surface area contributed by atoms with Crippen molar-refractivity contribution in [1.29, 1.82) is 0 Å². The van der Waals surface area contributed by atoms with Crippen LogP contribution in [-0.4, -0.2) is 19.7 Å². The number of hydrogen-bond acceptors (Lipinski definition) is 4. The number of pyridine rings is 1. The molecule has 0 bridgehead atoms. The first kappa shape index (κ1) is 12.6. The molecule has 0 saturated heterocycles. The molecule has 2 N–H and O–H groups in total. The molecule has 0 amide bonds. The standard InChI is InChI=1S/C14H13N5S/c20-14-17-13(11-5-2-1-3-6-11)18-19(14)10-16-12-7-4-8-15-9-12/h1-9,16H,10H2,(H,17,18,20). The smallest absolute Gasteiger partial charge is 0.218 e. The number of rotatable bonds is 4. The number of aromatic amines is 1. The fourth-order valence-corrected chi connectivity index (χ4v) is 2.03. The second-order valence-corrected chi connectivity index (χ2v) is 4.59. The summed E-state index contributed by atoms with van der Waals surface area (Å²) in [7, 11) is 0. The lowest BCUT2D eigenvalue weighted by molar-refractivity contribution is 0.660. The Kier molecular flexibility index (Phi) is 3.56. The molecule has 0 saturated carbocycles. The Bertz CT molecular complexity index is 733. The molecule has 1 aromatic carbocycles. The molecule has 3 aromatic rings. The van der Waals surface area contributed by atoms with Gasteiger partial charge >= 0.3 is 0 Å². The minimum atomic E-state index is 0.514. The van der Waals surface area contributed by atoms with Crippen LogP contribution in [0.15, 0.2) is 54.9 Å². The van der Waals surface area contributed by atoms with Gasteiger partial charge in [0.15, 0.2) is 5.82 Å². The maximum atomic E-state index is 5.25. The molecule has 5 nitrogen and oxygen atoms in total. The summed E-state index contributed by atoms with van der Waals surface area (Å²) in [5.41, 5.74) is 1.95. The van der Waals surface area contributed by atoms with Crippen LogP contribution < -0.4 is 5.32 Å². The van der Waals surface area contributed by atoms with Gasteiger partial charge in [-0.1, -0.05) is 30.3 Å². The van der Waals surface area contributed by atoms with Gasteiger partial charge in [-0.2, -0.15) is 4.98 Å². The zero-order valence-corrected chi connectivity index (χ0v) is 11.5. The summed E-state index contributed by atoms with van der Waals surface area (Å²) in [5.74, 6) is 0.767. The van der Waals surface area contributed by atoms with Gasteiger partial charge in [-0.25, -0.2) is 4.68 Å². The third-order valence-corrected chi connectivity index (χ3v) is 3.14. The van der Waals surface area contributed by atoms with E-state index in [1.54, 1.807) is 17.1 Å². The molecule has 0 aliphatic heterocycles. The van der Waals surface area contributed by atoms with Crippen molar-refractivity contribution < 1.29 is 0 Å².